The fraction of sp³-hybridized carbons (Fsp3) is 0.750. The Bertz CT molecular complexity index is 373. The van der Waals surface area contributed by atoms with Gasteiger partial charge in [0.25, 0.3) is 0 Å². The highest BCUT2D eigenvalue weighted by molar-refractivity contribution is 9.11. The Morgan fingerprint density at radius 2 is 2.24 bits per heavy atom. The second kappa shape index (κ2) is 4.07. The molecule has 2 fully saturated rings. The van der Waals surface area contributed by atoms with E-state index in [9.17, 15) is 4.79 Å². The molecule has 1 aliphatic heterocycles. The minimum absolute atomic E-state index is 0.182. The average molecular weight is 303 g/mol. The molecule has 1 saturated heterocycles. The minimum Gasteiger partial charge on any atom is -0.457 e. The van der Waals surface area contributed by atoms with Gasteiger partial charge in [-0.3, -0.25) is 4.79 Å². The van der Waals surface area contributed by atoms with E-state index in [4.69, 9.17) is 14.2 Å². The van der Waals surface area contributed by atoms with Crippen molar-refractivity contribution in [1.29, 1.82) is 0 Å². The molecular weight excluding hydrogens is 288 g/mol. The highest BCUT2D eigenvalue weighted by Crippen LogP contribution is 2.55. The fourth-order valence-electron chi connectivity index (χ4n) is 3.08. The molecule has 0 aromatic carbocycles. The van der Waals surface area contributed by atoms with Crippen LogP contribution in [-0.2, 0) is 19.0 Å². The maximum absolute atomic E-state index is 11.0. The van der Waals surface area contributed by atoms with Crippen LogP contribution in [0.2, 0.25) is 0 Å². The summed E-state index contributed by atoms with van der Waals surface area (Å²) in [6.07, 6.45) is 3.65. The van der Waals surface area contributed by atoms with Gasteiger partial charge in [-0.1, -0.05) is 22.0 Å². The van der Waals surface area contributed by atoms with Gasteiger partial charge in [0.05, 0.1) is 13.2 Å². The summed E-state index contributed by atoms with van der Waals surface area (Å²) in [5.41, 5.74) is 0. The molecule has 5 heteroatoms. The maximum atomic E-state index is 11.0. The number of fused-ring (bicyclic) bond motifs is 2. The van der Waals surface area contributed by atoms with Gasteiger partial charge in [0.15, 0.2) is 5.79 Å². The summed E-state index contributed by atoms with van der Waals surface area (Å²) in [6, 6.07) is 0. The lowest BCUT2D eigenvalue weighted by molar-refractivity contribution is -0.274. The summed E-state index contributed by atoms with van der Waals surface area (Å²) in [5.74, 6) is 0.151. The molecule has 0 aromatic rings. The van der Waals surface area contributed by atoms with Crippen LogP contribution in [0.1, 0.15) is 19.8 Å². The number of hydrogen-bond donors (Lipinski definition) is 0. The van der Waals surface area contributed by atoms with Gasteiger partial charge in [-0.15, -0.1) is 0 Å². The second-order valence-corrected chi connectivity index (χ2v) is 5.78. The average Bonchev–Trinajstić information content (AvgIpc) is 2.72. The Hall–Kier alpha value is -0.390. The zero-order valence-corrected chi connectivity index (χ0v) is 11.2. The summed E-state index contributed by atoms with van der Waals surface area (Å²) < 4.78 is 17.7. The molecule has 1 saturated carbocycles. The standard InChI is InChI=1S/C12H15BrO4/c1-7(14)17-11-5-9-8(4-10(11)13)6-12(9)15-2-3-16-12/h4,8-9,11H,2-3,5-6H2,1H3/t8-,9-,11-/m0/s1. The highest BCUT2D eigenvalue weighted by atomic mass is 79.9. The molecule has 0 radical (unpaired) electrons. The van der Waals surface area contributed by atoms with Crippen molar-refractivity contribution in [3.8, 4) is 0 Å². The van der Waals surface area contributed by atoms with Gasteiger partial charge in [-0.05, 0) is 12.3 Å². The van der Waals surface area contributed by atoms with Crippen molar-refractivity contribution in [1.82, 2.24) is 0 Å². The molecule has 0 bridgehead atoms. The third kappa shape index (κ3) is 1.84. The van der Waals surface area contributed by atoms with Gasteiger partial charge in [0, 0.05) is 23.7 Å². The van der Waals surface area contributed by atoms with Crippen LogP contribution in [0.4, 0.5) is 0 Å². The molecule has 2 aliphatic carbocycles. The Labute approximate surface area is 108 Å². The topological polar surface area (TPSA) is 44.8 Å². The van der Waals surface area contributed by atoms with E-state index in [1.165, 1.54) is 6.92 Å². The van der Waals surface area contributed by atoms with E-state index in [-0.39, 0.29) is 12.1 Å². The lowest BCUT2D eigenvalue weighted by Crippen LogP contribution is -2.57. The Morgan fingerprint density at radius 1 is 1.53 bits per heavy atom. The van der Waals surface area contributed by atoms with Crippen molar-refractivity contribution in [3.05, 3.63) is 10.6 Å². The largest absolute Gasteiger partial charge is 0.457 e. The van der Waals surface area contributed by atoms with Crippen LogP contribution in [0, 0.1) is 11.8 Å². The lowest BCUT2D eigenvalue weighted by atomic mass is 9.63. The zero-order valence-electron chi connectivity index (χ0n) is 9.65. The van der Waals surface area contributed by atoms with E-state index in [0.29, 0.717) is 25.0 Å². The second-order valence-electron chi connectivity index (χ2n) is 4.87. The Kier molecular flexibility index (Phi) is 2.80. The minimum atomic E-state index is -0.396. The van der Waals surface area contributed by atoms with Crippen LogP contribution >= 0.6 is 15.9 Å². The predicted molar refractivity (Wildman–Crippen MR) is 63.4 cm³/mol. The molecule has 3 atom stereocenters. The van der Waals surface area contributed by atoms with Crippen LogP contribution in [-0.4, -0.2) is 31.1 Å². The summed E-state index contributed by atoms with van der Waals surface area (Å²) in [7, 11) is 0. The van der Waals surface area contributed by atoms with Crippen LogP contribution in [0.15, 0.2) is 10.6 Å². The molecular formula is C12H15BrO4. The van der Waals surface area contributed by atoms with Crippen molar-refractivity contribution in [3.63, 3.8) is 0 Å². The number of rotatable bonds is 1. The number of carbonyl (C=O) groups excluding carboxylic acids is 1. The molecule has 0 aromatic heterocycles. The van der Waals surface area contributed by atoms with Gasteiger partial charge in [0.2, 0.25) is 0 Å². The first kappa shape index (κ1) is 11.7. The summed E-state index contributed by atoms with van der Waals surface area (Å²) in [5, 5.41) is 0. The molecule has 0 amide bonds. The number of ether oxygens (including phenoxy) is 3. The van der Waals surface area contributed by atoms with Gasteiger partial charge >= 0.3 is 5.97 Å². The first-order chi connectivity index (χ1) is 8.11. The maximum Gasteiger partial charge on any atom is 0.303 e. The number of carbonyl (C=O) groups is 1. The van der Waals surface area contributed by atoms with Gasteiger partial charge in [-0.2, -0.15) is 0 Å². The first-order valence-corrected chi connectivity index (χ1v) is 6.72. The highest BCUT2D eigenvalue weighted by Gasteiger charge is 2.59. The molecule has 0 unspecified atom stereocenters. The van der Waals surface area contributed by atoms with Crippen molar-refractivity contribution in [2.75, 3.05) is 13.2 Å². The predicted octanol–water partition coefficient (Wildman–Crippen LogP) is 1.98. The van der Waals surface area contributed by atoms with E-state index in [2.05, 4.69) is 22.0 Å². The third-order valence-electron chi connectivity index (χ3n) is 3.84. The molecule has 4 nitrogen and oxygen atoms in total. The Balaban J connectivity index is 1.75. The SMILES string of the molecule is CC(=O)O[C@H]1C[C@H]2[C@@H](C=C1Br)CC21OCCO1. The lowest BCUT2D eigenvalue weighted by Gasteiger charge is -2.53. The summed E-state index contributed by atoms with van der Waals surface area (Å²) >= 11 is 3.48. The van der Waals surface area contributed by atoms with Gasteiger partial charge in [-0.25, -0.2) is 0 Å². The van der Waals surface area contributed by atoms with E-state index in [1.807, 2.05) is 0 Å². The van der Waals surface area contributed by atoms with Crippen molar-refractivity contribution in [2.45, 2.75) is 31.7 Å². The van der Waals surface area contributed by atoms with Crippen molar-refractivity contribution >= 4 is 21.9 Å². The van der Waals surface area contributed by atoms with Crippen LogP contribution < -0.4 is 0 Å². The molecule has 17 heavy (non-hydrogen) atoms. The number of esters is 1. The van der Waals surface area contributed by atoms with Crippen LogP contribution in [0.3, 0.4) is 0 Å². The van der Waals surface area contributed by atoms with Crippen LogP contribution in [0.5, 0.6) is 0 Å². The number of hydrogen-bond acceptors (Lipinski definition) is 4. The number of allylic oxidation sites excluding steroid dienone is 1. The summed E-state index contributed by atoms with van der Waals surface area (Å²) in [6.45, 7) is 2.78. The molecule has 94 valence electrons. The fourth-order valence-corrected chi connectivity index (χ4v) is 3.70. The van der Waals surface area contributed by atoms with Gasteiger partial charge < -0.3 is 14.2 Å². The first-order valence-electron chi connectivity index (χ1n) is 5.93. The monoisotopic (exact) mass is 302 g/mol. The van der Waals surface area contributed by atoms with E-state index >= 15 is 0 Å². The third-order valence-corrected chi connectivity index (χ3v) is 4.61. The number of halogens is 1. The molecule has 0 N–H and O–H groups in total. The van der Waals surface area contributed by atoms with Crippen molar-refractivity contribution in [2.24, 2.45) is 11.8 Å². The normalized spacial score (nSPS) is 38.2. The van der Waals surface area contributed by atoms with E-state index in [0.717, 1.165) is 17.3 Å². The van der Waals surface area contributed by atoms with Gasteiger partial charge in [0.1, 0.15) is 6.10 Å². The van der Waals surface area contributed by atoms with E-state index in [1.54, 1.807) is 0 Å². The van der Waals surface area contributed by atoms with E-state index < -0.39 is 5.79 Å². The molecule has 1 spiro atoms. The molecule has 3 aliphatic rings. The zero-order chi connectivity index (χ0) is 12.0. The smallest absolute Gasteiger partial charge is 0.303 e. The molecule has 1 heterocycles. The molecule has 3 rings (SSSR count). The summed E-state index contributed by atoms with van der Waals surface area (Å²) in [4.78, 5) is 11.0. The van der Waals surface area contributed by atoms with Crippen LogP contribution in [0.25, 0.3) is 0 Å². The Morgan fingerprint density at radius 3 is 2.88 bits per heavy atom. The quantitative estimate of drug-likeness (QED) is 0.695. The van der Waals surface area contributed by atoms with Crippen molar-refractivity contribution < 1.29 is 19.0 Å².